The molecule has 116 valence electrons. The molecule has 8 heteroatoms. The van der Waals surface area contributed by atoms with E-state index in [1.807, 2.05) is 6.92 Å². The van der Waals surface area contributed by atoms with Crippen LogP contribution in [-0.2, 0) is 16.1 Å². The number of hydrogen-bond acceptors (Lipinski definition) is 4. The predicted octanol–water partition coefficient (Wildman–Crippen LogP) is 0.448. The summed E-state index contributed by atoms with van der Waals surface area (Å²) in [6.45, 7) is 1.73. The minimum Gasteiger partial charge on any atom is -0.480 e. The van der Waals surface area contributed by atoms with Gasteiger partial charge in [-0.3, -0.25) is 4.79 Å². The molecule has 1 rings (SSSR count). The van der Waals surface area contributed by atoms with E-state index in [9.17, 15) is 14.4 Å². The highest BCUT2D eigenvalue weighted by molar-refractivity contribution is 5.87. The van der Waals surface area contributed by atoms with E-state index in [4.69, 9.17) is 9.52 Å². The van der Waals surface area contributed by atoms with Crippen molar-refractivity contribution in [2.75, 3.05) is 6.54 Å². The van der Waals surface area contributed by atoms with Crippen molar-refractivity contribution in [3.63, 3.8) is 0 Å². The van der Waals surface area contributed by atoms with E-state index in [-0.39, 0.29) is 13.1 Å². The molecule has 1 unspecified atom stereocenters. The molecule has 0 aliphatic heterocycles. The van der Waals surface area contributed by atoms with Gasteiger partial charge in [-0.1, -0.05) is 13.3 Å². The van der Waals surface area contributed by atoms with Crippen molar-refractivity contribution in [3.8, 4) is 0 Å². The van der Waals surface area contributed by atoms with Gasteiger partial charge in [-0.25, -0.2) is 9.59 Å². The molecule has 0 saturated heterocycles. The zero-order valence-corrected chi connectivity index (χ0v) is 11.7. The van der Waals surface area contributed by atoms with E-state index >= 15 is 0 Å². The molecule has 1 heterocycles. The van der Waals surface area contributed by atoms with Crippen molar-refractivity contribution in [2.24, 2.45) is 0 Å². The highest BCUT2D eigenvalue weighted by atomic mass is 16.4. The fourth-order valence-electron chi connectivity index (χ4n) is 1.60. The third kappa shape index (κ3) is 6.46. The van der Waals surface area contributed by atoms with Crippen LogP contribution in [0.15, 0.2) is 22.8 Å². The van der Waals surface area contributed by atoms with Crippen molar-refractivity contribution in [1.29, 1.82) is 0 Å². The van der Waals surface area contributed by atoms with Gasteiger partial charge in [0.05, 0.1) is 19.4 Å². The first kappa shape index (κ1) is 16.5. The van der Waals surface area contributed by atoms with Crippen LogP contribution in [0.4, 0.5) is 4.79 Å². The third-order valence-electron chi connectivity index (χ3n) is 2.62. The maximum Gasteiger partial charge on any atom is 0.326 e. The number of carbonyl (C=O) groups is 3. The molecule has 1 atom stereocenters. The van der Waals surface area contributed by atoms with Gasteiger partial charge < -0.3 is 25.5 Å². The SMILES string of the molecule is CCCC(NC(=O)CNC(=O)NCc1ccco1)C(=O)O. The number of aliphatic carboxylic acids is 1. The molecular formula is C13H19N3O5. The summed E-state index contributed by atoms with van der Waals surface area (Å²) in [6, 6.07) is 1.93. The van der Waals surface area contributed by atoms with Crippen molar-refractivity contribution in [3.05, 3.63) is 24.2 Å². The van der Waals surface area contributed by atoms with Gasteiger partial charge in [0.15, 0.2) is 0 Å². The number of amides is 3. The Bertz CT molecular complexity index is 472. The molecule has 0 aliphatic carbocycles. The second kappa shape index (κ2) is 8.62. The zero-order valence-electron chi connectivity index (χ0n) is 11.7. The van der Waals surface area contributed by atoms with E-state index < -0.39 is 23.9 Å². The Kier molecular flexibility index (Phi) is 6.79. The lowest BCUT2D eigenvalue weighted by Crippen LogP contribution is -2.47. The van der Waals surface area contributed by atoms with Gasteiger partial charge in [0.2, 0.25) is 5.91 Å². The van der Waals surface area contributed by atoms with Crippen molar-refractivity contribution >= 4 is 17.9 Å². The van der Waals surface area contributed by atoms with Gasteiger partial charge in [-0.15, -0.1) is 0 Å². The lowest BCUT2D eigenvalue weighted by Gasteiger charge is -2.13. The molecule has 21 heavy (non-hydrogen) atoms. The van der Waals surface area contributed by atoms with Crippen LogP contribution in [0.25, 0.3) is 0 Å². The molecule has 0 saturated carbocycles. The summed E-state index contributed by atoms with van der Waals surface area (Å²) in [7, 11) is 0. The topological polar surface area (TPSA) is 121 Å². The Morgan fingerprint density at radius 3 is 2.67 bits per heavy atom. The number of rotatable bonds is 8. The van der Waals surface area contributed by atoms with Crippen LogP contribution in [0.5, 0.6) is 0 Å². The Morgan fingerprint density at radius 1 is 1.33 bits per heavy atom. The van der Waals surface area contributed by atoms with Crippen LogP contribution in [0.3, 0.4) is 0 Å². The van der Waals surface area contributed by atoms with E-state index in [1.165, 1.54) is 6.26 Å². The lowest BCUT2D eigenvalue weighted by molar-refractivity contribution is -0.141. The number of nitrogens with one attached hydrogen (secondary N) is 3. The third-order valence-corrected chi connectivity index (χ3v) is 2.62. The Hall–Kier alpha value is -2.51. The molecule has 0 aliphatic rings. The fourth-order valence-corrected chi connectivity index (χ4v) is 1.60. The van der Waals surface area contributed by atoms with E-state index in [1.54, 1.807) is 12.1 Å². The molecule has 4 N–H and O–H groups in total. The van der Waals surface area contributed by atoms with E-state index in [0.717, 1.165) is 0 Å². The molecule has 0 aromatic carbocycles. The number of carboxylic acids is 1. The number of hydrogen-bond donors (Lipinski definition) is 4. The van der Waals surface area contributed by atoms with Gasteiger partial charge >= 0.3 is 12.0 Å². The summed E-state index contributed by atoms with van der Waals surface area (Å²) >= 11 is 0. The van der Waals surface area contributed by atoms with Gasteiger partial charge in [0.25, 0.3) is 0 Å². The summed E-state index contributed by atoms with van der Waals surface area (Å²) < 4.78 is 5.03. The maximum absolute atomic E-state index is 11.5. The van der Waals surface area contributed by atoms with Crippen LogP contribution in [0.1, 0.15) is 25.5 Å². The van der Waals surface area contributed by atoms with Gasteiger partial charge in [-0.05, 0) is 18.6 Å². The first-order valence-corrected chi connectivity index (χ1v) is 6.59. The summed E-state index contributed by atoms with van der Waals surface area (Å²) in [5.41, 5.74) is 0. The first-order chi connectivity index (χ1) is 10.0. The Morgan fingerprint density at radius 2 is 2.10 bits per heavy atom. The second-order valence-electron chi connectivity index (χ2n) is 4.36. The van der Waals surface area contributed by atoms with Crippen LogP contribution in [0.2, 0.25) is 0 Å². The highest BCUT2D eigenvalue weighted by Crippen LogP contribution is 1.98. The van der Waals surface area contributed by atoms with Gasteiger partial charge in [-0.2, -0.15) is 0 Å². The fraction of sp³-hybridized carbons (Fsp3) is 0.462. The van der Waals surface area contributed by atoms with E-state index in [0.29, 0.717) is 18.6 Å². The minimum absolute atomic E-state index is 0.202. The molecule has 0 fully saturated rings. The average molecular weight is 297 g/mol. The number of furan rings is 1. The van der Waals surface area contributed by atoms with Gasteiger partial charge in [0, 0.05) is 0 Å². The largest absolute Gasteiger partial charge is 0.480 e. The average Bonchev–Trinajstić information content (AvgIpc) is 2.95. The summed E-state index contributed by atoms with van der Waals surface area (Å²) in [5, 5.41) is 16.1. The quantitative estimate of drug-likeness (QED) is 0.555. The number of urea groups is 1. The molecule has 1 aromatic heterocycles. The standard InChI is InChI=1S/C13H19N3O5/c1-2-4-10(12(18)19)16-11(17)8-15-13(20)14-7-9-5-3-6-21-9/h3,5-6,10H,2,4,7-8H2,1H3,(H,16,17)(H,18,19)(H2,14,15,20). The van der Waals surface area contributed by atoms with Crippen LogP contribution >= 0.6 is 0 Å². The molecule has 0 bridgehead atoms. The monoisotopic (exact) mass is 297 g/mol. The predicted molar refractivity (Wildman–Crippen MR) is 73.4 cm³/mol. The number of carbonyl (C=O) groups excluding carboxylic acids is 2. The summed E-state index contributed by atoms with van der Waals surface area (Å²) in [5.74, 6) is -1.06. The molecular weight excluding hydrogens is 278 g/mol. The normalized spacial score (nSPS) is 11.5. The summed E-state index contributed by atoms with van der Waals surface area (Å²) in [4.78, 5) is 33.8. The van der Waals surface area contributed by atoms with Crippen LogP contribution < -0.4 is 16.0 Å². The smallest absolute Gasteiger partial charge is 0.326 e. The minimum atomic E-state index is -1.09. The summed E-state index contributed by atoms with van der Waals surface area (Å²) in [6.07, 6.45) is 2.46. The van der Waals surface area contributed by atoms with Crippen molar-refractivity contribution in [2.45, 2.75) is 32.4 Å². The molecule has 3 amide bonds. The van der Waals surface area contributed by atoms with E-state index in [2.05, 4.69) is 16.0 Å². The highest BCUT2D eigenvalue weighted by Gasteiger charge is 2.18. The Balaban J connectivity index is 2.25. The lowest BCUT2D eigenvalue weighted by atomic mass is 10.1. The molecule has 1 aromatic rings. The molecule has 0 spiro atoms. The van der Waals surface area contributed by atoms with Crippen LogP contribution in [-0.4, -0.2) is 35.6 Å². The second-order valence-corrected chi connectivity index (χ2v) is 4.36. The zero-order chi connectivity index (χ0) is 15.7. The maximum atomic E-state index is 11.5. The molecule has 8 nitrogen and oxygen atoms in total. The van der Waals surface area contributed by atoms with Crippen LogP contribution in [0, 0.1) is 0 Å². The van der Waals surface area contributed by atoms with Crippen molar-refractivity contribution < 1.29 is 23.9 Å². The first-order valence-electron chi connectivity index (χ1n) is 6.59. The Labute approximate surface area is 121 Å². The number of carboxylic acid groups (broad SMARTS) is 1. The van der Waals surface area contributed by atoms with Gasteiger partial charge in [0.1, 0.15) is 11.8 Å². The molecule has 0 radical (unpaired) electrons. The van der Waals surface area contributed by atoms with Crippen molar-refractivity contribution in [1.82, 2.24) is 16.0 Å².